The topological polar surface area (TPSA) is 97.6 Å². The summed E-state index contributed by atoms with van der Waals surface area (Å²) in [5.41, 5.74) is -0.505. The van der Waals surface area contributed by atoms with Crippen molar-refractivity contribution in [1.82, 2.24) is 20.4 Å². The molecule has 9 heteroatoms. The first-order chi connectivity index (χ1) is 11.7. The fourth-order valence-corrected chi connectivity index (χ4v) is 3.23. The quantitative estimate of drug-likeness (QED) is 0.848. The molecule has 1 fully saturated rings. The molecular weight excluding hydrogens is 344 g/mol. The van der Waals surface area contributed by atoms with Crippen LogP contribution in [0.3, 0.4) is 0 Å². The number of thioether (sulfide) groups is 1. The number of hydrogen-bond acceptors (Lipinski definition) is 7. The number of nitrogens with one attached hydrogen (secondary N) is 1. The minimum absolute atomic E-state index is 0.0499. The van der Waals surface area contributed by atoms with E-state index >= 15 is 0 Å². The number of carbonyl (C=O) groups excluding carboxylic acids is 2. The maximum Gasteiger partial charge on any atom is 0.407 e. The highest BCUT2D eigenvalue weighted by atomic mass is 32.2. The Labute approximate surface area is 152 Å². The maximum absolute atomic E-state index is 12.2. The number of aromatic nitrogens is 2. The Morgan fingerprint density at radius 1 is 1.36 bits per heavy atom. The van der Waals surface area contributed by atoms with E-state index in [-0.39, 0.29) is 11.9 Å². The van der Waals surface area contributed by atoms with Crippen LogP contribution in [0.4, 0.5) is 4.79 Å². The van der Waals surface area contributed by atoms with E-state index in [2.05, 4.69) is 15.5 Å². The molecule has 1 aromatic rings. The molecule has 0 unspecified atom stereocenters. The van der Waals surface area contributed by atoms with E-state index in [0.717, 1.165) is 12.8 Å². The summed E-state index contributed by atoms with van der Waals surface area (Å²) >= 11 is 1.47. The van der Waals surface area contributed by atoms with Crippen LogP contribution >= 0.6 is 11.8 Å². The van der Waals surface area contributed by atoms with Crippen molar-refractivity contribution in [3.63, 3.8) is 0 Å². The van der Waals surface area contributed by atoms with E-state index in [0.29, 0.717) is 36.3 Å². The van der Waals surface area contributed by atoms with Gasteiger partial charge in [-0.25, -0.2) is 4.79 Å². The molecule has 0 atom stereocenters. The Morgan fingerprint density at radius 3 is 2.60 bits per heavy atom. The summed E-state index contributed by atoms with van der Waals surface area (Å²) in [7, 11) is 0. The van der Waals surface area contributed by atoms with Crippen LogP contribution in [0.2, 0.25) is 0 Å². The molecule has 0 radical (unpaired) electrons. The first-order valence-electron chi connectivity index (χ1n) is 8.37. The molecule has 2 rings (SSSR count). The SMILES string of the molecule is Cc1nc(CSCC(=O)N2CCC(NC(=O)OC(C)(C)C)CC2)no1. The van der Waals surface area contributed by atoms with Crippen LogP contribution in [0.15, 0.2) is 4.52 Å². The number of rotatable bonds is 5. The van der Waals surface area contributed by atoms with Crippen LogP contribution in [0.25, 0.3) is 0 Å². The van der Waals surface area contributed by atoms with Gasteiger partial charge in [-0.3, -0.25) is 4.79 Å². The van der Waals surface area contributed by atoms with Gasteiger partial charge in [0.15, 0.2) is 5.82 Å². The average molecular weight is 370 g/mol. The zero-order valence-corrected chi connectivity index (χ0v) is 16.0. The molecule has 1 N–H and O–H groups in total. The zero-order chi connectivity index (χ0) is 18.4. The van der Waals surface area contributed by atoms with Crippen LogP contribution in [-0.4, -0.2) is 57.5 Å². The predicted molar refractivity (Wildman–Crippen MR) is 94.2 cm³/mol. The maximum atomic E-state index is 12.2. The van der Waals surface area contributed by atoms with Gasteiger partial charge in [0, 0.05) is 26.1 Å². The second kappa shape index (κ2) is 8.55. The van der Waals surface area contributed by atoms with Gasteiger partial charge in [-0.2, -0.15) is 4.98 Å². The molecule has 2 heterocycles. The third-order valence-electron chi connectivity index (χ3n) is 3.59. The first kappa shape index (κ1) is 19.6. The van der Waals surface area contributed by atoms with Crippen LogP contribution < -0.4 is 5.32 Å². The van der Waals surface area contributed by atoms with Crippen molar-refractivity contribution in [2.75, 3.05) is 18.8 Å². The van der Waals surface area contributed by atoms with Crippen molar-refractivity contribution >= 4 is 23.8 Å². The fraction of sp³-hybridized carbons (Fsp3) is 0.750. The van der Waals surface area contributed by atoms with Crippen molar-refractivity contribution in [2.45, 2.75) is 57.9 Å². The van der Waals surface area contributed by atoms with Crippen molar-refractivity contribution in [2.24, 2.45) is 0 Å². The van der Waals surface area contributed by atoms with Crippen molar-refractivity contribution < 1.29 is 18.8 Å². The lowest BCUT2D eigenvalue weighted by molar-refractivity contribution is -0.129. The molecule has 2 amide bonds. The molecule has 25 heavy (non-hydrogen) atoms. The van der Waals surface area contributed by atoms with Gasteiger partial charge >= 0.3 is 6.09 Å². The van der Waals surface area contributed by atoms with Crippen LogP contribution in [0, 0.1) is 6.92 Å². The van der Waals surface area contributed by atoms with Crippen LogP contribution in [-0.2, 0) is 15.3 Å². The Balaban J connectivity index is 1.65. The van der Waals surface area contributed by atoms with Crippen molar-refractivity contribution in [3.05, 3.63) is 11.7 Å². The average Bonchev–Trinajstić information content (AvgIpc) is 2.91. The normalized spacial score (nSPS) is 15.9. The zero-order valence-electron chi connectivity index (χ0n) is 15.2. The molecule has 1 aromatic heterocycles. The number of piperidine rings is 1. The molecule has 0 aliphatic carbocycles. The Bertz CT molecular complexity index is 591. The molecule has 8 nitrogen and oxygen atoms in total. The van der Waals surface area contributed by atoms with Gasteiger partial charge in [-0.15, -0.1) is 11.8 Å². The van der Waals surface area contributed by atoms with E-state index in [1.807, 2.05) is 25.7 Å². The minimum atomic E-state index is -0.505. The number of hydrogen-bond donors (Lipinski definition) is 1. The number of aryl methyl sites for hydroxylation is 1. The summed E-state index contributed by atoms with van der Waals surface area (Å²) in [5, 5.41) is 6.67. The Morgan fingerprint density at radius 2 is 2.04 bits per heavy atom. The van der Waals surface area contributed by atoms with E-state index in [1.165, 1.54) is 11.8 Å². The number of amides is 2. The van der Waals surface area contributed by atoms with E-state index < -0.39 is 11.7 Å². The van der Waals surface area contributed by atoms with Gasteiger partial charge in [0.05, 0.1) is 11.5 Å². The molecule has 140 valence electrons. The summed E-state index contributed by atoms with van der Waals surface area (Å²) in [6.45, 7) is 8.52. The second-order valence-electron chi connectivity index (χ2n) is 7.02. The number of carbonyl (C=O) groups is 2. The lowest BCUT2D eigenvalue weighted by Gasteiger charge is -2.32. The van der Waals surface area contributed by atoms with E-state index in [9.17, 15) is 9.59 Å². The predicted octanol–water partition coefficient (Wildman–Crippen LogP) is 2.13. The standard InChI is InChI=1S/C16H26N4O4S/c1-11-17-13(19-24-11)9-25-10-14(21)20-7-5-12(6-8-20)18-15(22)23-16(2,3)4/h12H,5-10H2,1-4H3,(H,18,22). The number of likely N-dealkylation sites (tertiary alicyclic amines) is 1. The third kappa shape index (κ3) is 6.93. The second-order valence-corrected chi connectivity index (χ2v) is 8.01. The molecule has 1 aliphatic heterocycles. The monoisotopic (exact) mass is 370 g/mol. The molecular formula is C16H26N4O4S. The van der Waals surface area contributed by atoms with Gasteiger partial charge in [0.2, 0.25) is 11.8 Å². The van der Waals surface area contributed by atoms with Gasteiger partial charge in [-0.05, 0) is 33.6 Å². The van der Waals surface area contributed by atoms with Gasteiger partial charge in [0.1, 0.15) is 5.60 Å². The van der Waals surface area contributed by atoms with E-state index in [4.69, 9.17) is 9.26 Å². The van der Waals surface area contributed by atoms with E-state index in [1.54, 1.807) is 6.92 Å². The molecule has 0 aromatic carbocycles. The van der Waals surface area contributed by atoms with Gasteiger partial charge in [0.25, 0.3) is 0 Å². The molecule has 0 bridgehead atoms. The highest BCUT2D eigenvalue weighted by Gasteiger charge is 2.25. The molecule has 1 saturated heterocycles. The van der Waals surface area contributed by atoms with Crippen LogP contribution in [0.1, 0.15) is 45.3 Å². The lowest BCUT2D eigenvalue weighted by atomic mass is 10.1. The minimum Gasteiger partial charge on any atom is -0.444 e. The van der Waals surface area contributed by atoms with Gasteiger partial charge in [-0.1, -0.05) is 5.16 Å². The smallest absolute Gasteiger partial charge is 0.407 e. The third-order valence-corrected chi connectivity index (χ3v) is 4.51. The summed E-state index contributed by atoms with van der Waals surface area (Å²) < 4.78 is 10.2. The van der Waals surface area contributed by atoms with Crippen molar-refractivity contribution in [1.29, 1.82) is 0 Å². The molecule has 0 spiro atoms. The number of alkyl carbamates (subject to hydrolysis) is 1. The number of ether oxygens (including phenoxy) is 1. The molecule has 1 aliphatic rings. The van der Waals surface area contributed by atoms with Gasteiger partial charge < -0.3 is 19.5 Å². The highest BCUT2D eigenvalue weighted by molar-refractivity contribution is 7.99. The summed E-state index contributed by atoms with van der Waals surface area (Å²) in [6.07, 6.45) is 1.07. The summed E-state index contributed by atoms with van der Waals surface area (Å²) in [6, 6.07) is 0.0499. The summed E-state index contributed by atoms with van der Waals surface area (Å²) in [4.78, 5) is 30.0. The fourth-order valence-electron chi connectivity index (χ4n) is 2.47. The first-order valence-corrected chi connectivity index (χ1v) is 9.52. The Kier molecular flexibility index (Phi) is 6.69. The Hall–Kier alpha value is -1.77. The van der Waals surface area contributed by atoms with Crippen LogP contribution in [0.5, 0.6) is 0 Å². The summed E-state index contributed by atoms with van der Waals surface area (Å²) in [5.74, 6) is 2.18. The number of nitrogens with zero attached hydrogens (tertiary/aromatic N) is 3. The highest BCUT2D eigenvalue weighted by Crippen LogP contribution is 2.15. The molecule has 0 saturated carbocycles. The van der Waals surface area contributed by atoms with Crippen molar-refractivity contribution in [3.8, 4) is 0 Å². The lowest BCUT2D eigenvalue weighted by Crippen LogP contribution is -2.48. The largest absolute Gasteiger partial charge is 0.444 e.